The molecule has 1 aliphatic carbocycles. The zero-order valence-electron chi connectivity index (χ0n) is 19.5. The molecule has 1 aromatic carbocycles. The van der Waals surface area contributed by atoms with Gasteiger partial charge in [-0.15, -0.1) is 0 Å². The fraction of sp³-hybridized carbons (Fsp3) is 0.385. The highest BCUT2D eigenvalue weighted by Crippen LogP contribution is 2.34. The molecule has 2 heterocycles. The van der Waals surface area contributed by atoms with Gasteiger partial charge in [-0.25, -0.2) is 4.98 Å². The molecule has 6 heteroatoms. The predicted molar refractivity (Wildman–Crippen MR) is 130 cm³/mol. The van der Waals surface area contributed by atoms with Crippen molar-refractivity contribution in [2.75, 3.05) is 50.6 Å². The Morgan fingerprint density at radius 2 is 1.72 bits per heavy atom. The molecular formula is C26H32N4O2. The van der Waals surface area contributed by atoms with E-state index in [1.54, 1.807) is 7.11 Å². The lowest BCUT2D eigenvalue weighted by atomic mass is 9.97. The highest BCUT2D eigenvalue weighted by Gasteiger charge is 2.25. The Morgan fingerprint density at radius 3 is 2.38 bits per heavy atom. The number of hydrogen-bond acceptors (Lipinski definition) is 5. The Bertz CT molecular complexity index is 1040. The number of rotatable bonds is 5. The van der Waals surface area contributed by atoms with Gasteiger partial charge in [0.25, 0.3) is 0 Å². The fourth-order valence-corrected chi connectivity index (χ4v) is 4.30. The molecule has 1 aliphatic heterocycles. The van der Waals surface area contributed by atoms with Crippen molar-refractivity contribution in [3.63, 3.8) is 0 Å². The Labute approximate surface area is 190 Å². The van der Waals surface area contributed by atoms with Crippen LogP contribution in [0.4, 0.5) is 11.4 Å². The van der Waals surface area contributed by atoms with Crippen molar-refractivity contribution in [1.29, 1.82) is 0 Å². The topological polar surface area (TPSA) is 48.9 Å². The molecule has 2 aliphatic rings. The van der Waals surface area contributed by atoms with E-state index < -0.39 is 0 Å². The van der Waals surface area contributed by atoms with Crippen molar-refractivity contribution in [3.8, 4) is 5.88 Å². The molecule has 0 radical (unpaired) electrons. The van der Waals surface area contributed by atoms with Crippen LogP contribution in [0.15, 0.2) is 54.2 Å². The molecule has 0 bridgehead atoms. The van der Waals surface area contributed by atoms with Gasteiger partial charge >= 0.3 is 0 Å². The molecule has 0 saturated carbocycles. The normalized spacial score (nSPS) is 16.9. The standard InChI is InChI=1S/C26H32N4O2/c1-19-5-9-22(10-6-19)30-18-17-29(16-15-25(30)31)23-13-14-24(32-4)27-26(23)20-7-11-21(12-8-20)28(2)3/h5-7,9-11,13-14H,8,12,15-18H2,1-4H3. The van der Waals surface area contributed by atoms with Crippen LogP contribution in [0.3, 0.4) is 0 Å². The van der Waals surface area contributed by atoms with Crippen molar-refractivity contribution in [3.05, 3.63) is 65.5 Å². The van der Waals surface area contributed by atoms with Gasteiger partial charge in [0.15, 0.2) is 0 Å². The highest BCUT2D eigenvalue weighted by molar-refractivity contribution is 5.94. The Kier molecular flexibility index (Phi) is 6.49. The van der Waals surface area contributed by atoms with Crippen molar-refractivity contribution in [2.24, 2.45) is 0 Å². The van der Waals surface area contributed by atoms with E-state index in [0.717, 1.165) is 36.5 Å². The van der Waals surface area contributed by atoms with E-state index >= 15 is 0 Å². The minimum absolute atomic E-state index is 0.162. The maximum Gasteiger partial charge on any atom is 0.228 e. The molecule has 1 aromatic heterocycles. The van der Waals surface area contributed by atoms with Gasteiger partial charge in [0.05, 0.1) is 18.5 Å². The van der Waals surface area contributed by atoms with Crippen LogP contribution < -0.4 is 14.5 Å². The summed E-state index contributed by atoms with van der Waals surface area (Å²) in [4.78, 5) is 24.1. The van der Waals surface area contributed by atoms with Crippen LogP contribution in [-0.4, -0.2) is 56.6 Å². The first-order chi connectivity index (χ1) is 15.5. The second-order valence-electron chi connectivity index (χ2n) is 8.58. The number of ether oxygens (including phenoxy) is 1. The quantitative estimate of drug-likeness (QED) is 0.706. The van der Waals surface area contributed by atoms with Crippen molar-refractivity contribution in [1.82, 2.24) is 9.88 Å². The molecule has 0 atom stereocenters. The number of aromatic nitrogens is 1. The van der Waals surface area contributed by atoms with E-state index in [1.165, 1.54) is 16.8 Å². The Hall–Kier alpha value is -3.28. The van der Waals surface area contributed by atoms with Crippen molar-refractivity contribution in [2.45, 2.75) is 26.2 Å². The molecule has 0 spiro atoms. The largest absolute Gasteiger partial charge is 0.481 e. The van der Waals surface area contributed by atoms with Gasteiger partial charge in [-0.2, -0.15) is 0 Å². The predicted octanol–water partition coefficient (Wildman–Crippen LogP) is 4.26. The SMILES string of the molecule is COc1ccc(N2CCC(=O)N(c3ccc(C)cc3)CC2)c(C2=CC=C(N(C)C)CC2)n1. The lowest BCUT2D eigenvalue weighted by molar-refractivity contribution is -0.118. The number of hydrogen-bond donors (Lipinski definition) is 0. The van der Waals surface area contributed by atoms with E-state index in [-0.39, 0.29) is 5.91 Å². The molecule has 168 valence electrons. The molecule has 0 unspecified atom stereocenters. The van der Waals surface area contributed by atoms with Crippen LogP contribution >= 0.6 is 0 Å². The Morgan fingerprint density at radius 1 is 0.938 bits per heavy atom. The average Bonchev–Trinajstić information content (AvgIpc) is 3.01. The highest BCUT2D eigenvalue weighted by atomic mass is 16.5. The van der Waals surface area contributed by atoms with Gasteiger partial charge in [-0.05, 0) is 49.6 Å². The number of nitrogens with zero attached hydrogens (tertiary/aromatic N) is 4. The second-order valence-corrected chi connectivity index (χ2v) is 8.58. The first-order valence-electron chi connectivity index (χ1n) is 11.2. The first kappa shape index (κ1) is 21.9. The average molecular weight is 433 g/mol. The van der Waals surface area contributed by atoms with Gasteiger partial charge in [0.1, 0.15) is 0 Å². The summed E-state index contributed by atoms with van der Waals surface area (Å²) >= 11 is 0. The van der Waals surface area contributed by atoms with E-state index in [4.69, 9.17) is 9.72 Å². The third-order valence-corrected chi connectivity index (χ3v) is 6.24. The summed E-state index contributed by atoms with van der Waals surface area (Å²) in [5, 5.41) is 0. The Balaban J connectivity index is 1.62. The number of pyridine rings is 1. The first-order valence-corrected chi connectivity index (χ1v) is 11.2. The number of anilines is 2. The summed E-state index contributed by atoms with van der Waals surface area (Å²) in [6.45, 7) is 4.14. The number of amides is 1. The number of carbonyl (C=O) groups excluding carboxylic acids is 1. The lowest BCUT2D eigenvalue weighted by Crippen LogP contribution is -2.33. The smallest absolute Gasteiger partial charge is 0.228 e. The molecule has 1 fully saturated rings. The number of allylic oxidation sites excluding steroid dienone is 4. The van der Waals surface area contributed by atoms with Gasteiger partial charge < -0.3 is 19.4 Å². The van der Waals surface area contributed by atoms with Crippen molar-refractivity contribution < 1.29 is 9.53 Å². The van der Waals surface area contributed by atoms with Crippen LogP contribution in [0.1, 0.15) is 30.5 Å². The summed E-state index contributed by atoms with van der Waals surface area (Å²) in [5.41, 5.74) is 6.69. The molecule has 4 rings (SSSR count). The van der Waals surface area contributed by atoms with Crippen LogP contribution in [0, 0.1) is 6.92 Å². The van der Waals surface area contributed by atoms with Crippen LogP contribution in [-0.2, 0) is 4.79 Å². The monoisotopic (exact) mass is 432 g/mol. The van der Waals surface area contributed by atoms with Gasteiger partial charge in [0.2, 0.25) is 11.8 Å². The number of benzene rings is 1. The van der Waals surface area contributed by atoms with Crippen LogP contribution in [0.2, 0.25) is 0 Å². The van der Waals surface area contributed by atoms with Gasteiger partial charge in [-0.1, -0.05) is 23.8 Å². The zero-order valence-corrected chi connectivity index (χ0v) is 19.5. The minimum Gasteiger partial charge on any atom is -0.481 e. The third kappa shape index (κ3) is 4.64. The maximum absolute atomic E-state index is 12.9. The third-order valence-electron chi connectivity index (χ3n) is 6.24. The molecule has 32 heavy (non-hydrogen) atoms. The fourth-order valence-electron chi connectivity index (χ4n) is 4.30. The summed E-state index contributed by atoms with van der Waals surface area (Å²) < 4.78 is 5.43. The molecule has 6 nitrogen and oxygen atoms in total. The van der Waals surface area contributed by atoms with E-state index in [1.807, 2.05) is 23.1 Å². The molecule has 2 aromatic rings. The summed E-state index contributed by atoms with van der Waals surface area (Å²) in [6.07, 6.45) is 6.74. The van der Waals surface area contributed by atoms with E-state index in [9.17, 15) is 4.79 Å². The van der Waals surface area contributed by atoms with Crippen molar-refractivity contribution >= 4 is 22.9 Å². The molecule has 1 saturated heterocycles. The second kappa shape index (κ2) is 9.47. The van der Waals surface area contributed by atoms with Crippen LogP contribution in [0.25, 0.3) is 5.57 Å². The number of carbonyl (C=O) groups is 1. The van der Waals surface area contributed by atoms with E-state index in [0.29, 0.717) is 25.4 Å². The minimum atomic E-state index is 0.162. The molecule has 1 amide bonds. The van der Waals surface area contributed by atoms with Gasteiger partial charge in [0, 0.05) is 57.6 Å². The lowest BCUT2D eigenvalue weighted by Gasteiger charge is -2.27. The summed E-state index contributed by atoms with van der Waals surface area (Å²) in [5.74, 6) is 0.772. The molecule has 0 N–H and O–H groups in total. The van der Waals surface area contributed by atoms with E-state index in [2.05, 4.69) is 61.2 Å². The number of aryl methyl sites for hydroxylation is 1. The summed E-state index contributed by atoms with van der Waals surface area (Å²) in [7, 11) is 5.80. The van der Waals surface area contributed by atoms with Gasteiger partial charge in [-0.3, -0.25) is 4.79 Å². The molecular weight excluding hydrogens is 400 g/mol. The van der Waals surface area contributed by atoms with Crippen LogP contribution in [0.5, 0.6) is 5.88 Å². The summed E-state index contributed by atoms with van der Waals surface area (Å²) in [6, 6.07) is 12.2. The zero-order chi connectivity index (χ0) is 22.7. The maximum atomic E-state index is 12.9. The number of methoxy groups -OCH3 is 1.